The number of piperidine rings is 1. The first kappa shape index (κ1) is 13.4. The highest BCUT2D eigenvalue weighted by atomic mass is 32.2. The molecule has 3 N–H and O–H groups in total. The summed E-state index contributed by atoms with van der Waals surface area (Å²) in [5, 5.41) is 6.14. The lowest BCUT2D eigenvalue weighted by Crippen LogP contribution is -2.38. The Labute approximate surface area is 108 Å². The monoisotopic (exact) mass is 272 g/mol. The zero-order valence-electron chi connectivity index (χ0n) is 10.6. The number of sulfonamides is 1. The van der Waals surface area contributed by atoms with Crippen LogP contribution in [-0.4, -0.2) is 36.0 Å². The van der Waals surface area contributed by atoms with Crippen LogP contribution < -0.4 is 5.73 Å². The van der Waals surface area contributed by atoms with Crippen LogP contribution in [0, 0.1) is 5.92 Å². The molecular weight excluding hydrogens is 252 g/mol. The molecule has 0 spiro atoms. The molecule has 0 atom stereocenters. The SMILES string of the molecule is CCCC1CCN(S(=O)(=O)c2cn[nH]c2N)CC1. The summed E-state index contributed by atoms with van der Waals surface area (Å²) in [5.41, 5.74) is 5.58. The van der Waals surface area contributed by atoms with Crippen LogP contribution in [0.3, 0.4) is 0 Å². The number of anilines is 1. The fourth-order valence-electron chi connectivity index (χ4n) is 2.48. The molecule has 1 aromatic heterocycles. The van der Waals surface area contributed by atoms with Crippen LogP contribution in [0.4, 0.5) is 5.82 Å². The van der Waals surface area contributed by atoms with Crippen molar-refractivity contribution in [1.82, 2.24) is 14.5 Å². The number of hydrogen-bond acceptors (Lipinski definition) is 4. The van der Waals surface area contributed by atoms with Crippen molar-refractivity contribution in [2.75, 3.05) is 18.8 Å². The van der Waals surface area contributed by atoms with Gasteiger partial charge in [0.25, 0.3) is 0 Å². The largest absolute Gasteiger partial charge is 0.383 e. The van der Waals surface area contributed by atoms with Crippen LogP contribution in [0.1, 0.15) is 32.6 Å². The van der Waals surface area contributed by atoms with Crippen LogP contribution in [0.5, 0.6) is 0 Å². The van der Waals surface area contributed by atoms with E-state index in [0.717, 1.165) is 19.3 Å². The fourth-order valence-corrected chi connectivity index (χ4v) is 3.96. The summed E-state index contributed by atoms with van der Waals surface area (Å²) in [6.45, 7) is 3.32. The molecular formula is C11H20N4O2S. The number of nitrogens with zero attached hydrogens (tertiary/aromatic N) is 2. The van der Waals surface area contributed by atoms with Crippen LogP contribution in [-0.2, 0) is 10.0 Å². The van der Waals surface area contributed by atoms with E-state index in [1.54, 1.807) is 0 Å². The summed E-state index contributed by atoms with van der Waals surface area (Å²) in [4.78, 5) is 0.0939. The zero-order chi connectivity index (χ0) is 13.2. The van der Waals surface area contributed by atoms with Gasteiger partial charge in [0.05, 0.1) is 6.20 Å². The minimum atomic E-state index is -3.47. The molecule has 6 nitrogen and oxygen atoms in total. The van der Waals surface area contributed by atoms with E-state index in [1.807, 2.05) is 0 Å². The summed E-state index contributed by atoms with van der Waals surface area (Å²) in [6.07, 6.45) is 5.49. The van der Waals surface area contributed by atoms with Crippen molar-refractivity contribution >= 4 is 15.8 Å². The first-order chi connectivity index (χ1) is 8.55. The summed E-state index contributed by atoms with van der Waals surface area (Å²) < 4.78 is 26.2. The highest BCUT2D eigenvalue weighted by Crippen LogP contribution is 2.27. The molecule has 0 amide bonds. The molecule has 0 aromatic carbocycles. The van der Waals surface area contributed by atoms with E-state index in [4.69, 9.17) is 5.73 Å². The number of nitrogens with one attached hydrogen (secondary N) is 1. The van der Waals surface area contributed by atoms with Crippen LogP contribution in [0.2, 0.25) is 0 Å². The lowest BCUT2D eigenvalue weighted by Gasteiger charge is -2.30. The summed E-state index contributed by atoms with van der Waals surface area (Å²) in [5.74, 6) is 0.772. The first-order valence-corrected chi connectivity index (χ1v) is 7.78. The second kappa shape index (κ2) is 5.27. The number of hydrogen-bond donors (Lipinski definition) is 2. The molecule has 1 saturated heterocycles. The Morgan fingerprint density at radius 1 is 1.50 bits per heavy atom. The Morgan fingerprint density at radius 3 is 2.67 bits per heavy atom. The molecule has 1 aliphatic rings. The molecule has 1 aliphatic heterocycles. The van der Waals surface area contributed by atoms with Crippen molar-refractivity contribution in [2.24, 2.45) is 5.92 Å². The Hall–Kier alpha value is -1.08. The second-order valence-electron chi connectivity index (χ2n) is 4.78. The van der Waals surface area contributed by atoms with Crippen molar-refractivity contribution in [3.8, 4) is 0 Å². The minimum Gasteiger partial charge on any atom is -0.383 e. The van der Waals surface area contributed by atoms with Crippen molar-refractivity contribution < 1.29 is 8.42 Å². The van der Waals surface area contributed by atoms with E-state index in [2.05, 4.69) is 17.1 Å². The maximum absolute atomic E-state index is 12.3. The van der Waals surface area contributed by atoms with Gasteiger partial charge in [0.2, 0.25) is 10.0 Å². The Balaban J connectivity index is 2.08. The molecule has 1 fully saturated rings. The van der Waals surface area contributed by atoms with Gasteiger partial charge in [-0.15, -0.1) is 0 Å². The third-order valence-electron chi connectivity index (χ3n) is 3.52. The average Bonchev–Trinajstić information content (AvgIpc) is 2.77. The number of nitrogens with two attached hydrogens (primary N) is 1. The fraction of sp³-hybridized carbons (Fsp3) is 0.727. The van der Waals surface area contributed by atoms with Gasteiger partial charge in [-0.2, -0.15) is 9.40 Å². The molecule has 0 saturated carbocycles. The predicted octanol–water partition coefficient (Wildman–Crippen LogP) is 1.19. The maximum atomic E-state index is 12.3. The molecule has 2 rings (SSSR count). The number of aromatic amines is 1. The van der Waals surface area contributed by atoms with Gasteiger partial charge in [0, 0.05) is 13.1 Å². The van der Waals surface area contributed by atoms with Crippen LogP contribution in [0.25, 0.3) is 0 Å². The molecule has 1 aromatic rings. The van der Waals surface area contributed by atoms with Gasteiger partial charge in [0.1, 0.15) is 10.7 Å². The van der Waals surface area contributed by atoms with Gasteiger partial charge in [0.15, 0.2) is 0 Å². The molecule has 7 heteroatoms. The standard InChI is InChI=1S/C11H20N4O2S/c1-2-3-9-4-6-15(7-5-9)18(16,17)10-8-13-14-11(10)12/h8-9H,2-7H2,1H3,(H3,12,13,14). The zero-order valence-corrected chi connectivity index (χ0v) is 11.4. The average molecular weight is 272 g/mol. The summed E-state index contributed by atoms with van der Waals surface area (Å²) >= 11 is 0. The predicted molar refractivity (Wildman–Crippen MR) is 69.4 cm³/mol. The highest BCUT2D eigenvalue weighted by Gasteiger charge is 2.31. The molecule has 0 bridgehead atoms. The van der Waals surface area contributed by atoms with Gasteiger partial charge in [-0.3, -0.25) is 5.10 Å². The van der Waals surface area contributed by atoms with Crippen molar-refractivity contribution in [1.29, 1.82) is 0 Å². The molecule has 0 unspecified atom stereocenters. The molecule has 0 radical (unpaired) electrons. The molecule has 18 heavy (non-hydrogen) atoms. The van der Waals surface area contributed by atoms with Crippen molar-refractivity contribution in [3.05, 3.63) is 6.20 Å². The minimum absolute atomic E-state index is 0.0939. The summed E-state index contributed by atoms with van der Waals surface area (Å²) in [7, 11) is -3.47. The summed E-state index contributed by atoms with van der Waals surface area (Å²) in [6, 6.07) is 0. The topological polar surface area (TPSA) is 92.1 Å². The van der Waals surface area contributed by atoms with Gasteiger partial charge in [-0.25, -0.2) is 8.42 Å². The Bertz CT molecular complexity index is 489. The van der Waals surface area contributed by atoms with E-state index in [9.17, 15) is 8.42 Å². The van der Waals surface area contributed by atoms with E-state index in [-0.39, 0.29) is 10.7 Å². The van der Waals surface area contributed by atoms with E-state index in [1.165, 1.54) is 16.9 Å². The van der Waals surface area contributed by atoms with E-state index >= 15 is 0 Å². The smallest absolute Gasteiger partial charge is 0.248 e. The molecule has 102 valence electrons. The van der Waals surface area contributed by atoms with Crippen LogP contribution >= 0.6 is 0 Å². The third kappa shape index (κ3) is 2.51. The van der Waals surface area contributed by atoms with Gasteiger partial charge in [-0.05, 0) is 18.8 Å². The van der Waals surface area contributed by atoms with Gasteiger partial charge >= 0.3 is 0 Å². The van der Waals surface area contributed by atoms with Gasteiger partial charge < -0.3 is 5.73 Å². The Kier molecular flexibility index (Phi) is 3.91. The first-order valence-electron chi connectivity index (χ1n) is 6.34. The number of H-pyrrole nitrogens is 1. The molecule has 0 aliphatic carbocycles. The number of nitrogen functional groups attached to an aromatic ring is 1. The molecule has 2 heterocycles. The quantitative estimate of drug-likeness (QED) is 0.861. The van der Waals surface area contributed by atoms with E-state index in [0.29, 0.717) is 19.0 Å². The normalized spacial score (nSPS) is 19.2. The van der Waals surface area contributed by atoms with Crippen molar-refractivity contribution in [2.45, 2.75) is 37.5 Å². The second-order valence-corrected chi connectivity index (χ2v) is 6.69. The number of aromatic nitrogens is 2. The number of rotatable bonds is 4. The van der Waals surface area contributed by atoms with Crippen LogP contribution in [0.15, 0.2) is 11.1 Å². The highest BCUT2D eigenvalue weighted by molar-refractivity contribution is 7.89. The van der Waals surface area contributed by atoms with Gasteiger partial charge in [-0.1, -0.05) is 19.8 Å². The van der Waals surface area contributed by atoms with E-state index < -0.39 is 10.0 Å². The third-order valence-corrected chi connectivity index (χ3v) is 5.45. The Morgan fingerprint density at radius 2 is 2.17 bits per heavy atom. The lowest BCUT2D eigenvalue weighted by molar-refractivity contribution is 0.262. The van der Waals surface area contributed by atoms with Crippen molar-refractivity contribution in [3.63, 3.8) is 0 Å². The lowest BCUT2D eigenvalue weighted by atomic mass is 9.94. The maximum Gasteiger partial charge on any atom is 0.248 e.